The molecule has 112 valence electrons. The number of hydrogen-bond acceptors (Lipinski definition) is 4. The maximum atomic E-state index is 12.1. The van der Waals surface area contributed by atoms with Gasteiger partial charge in [0, 0.05) is 25.1 Å². The number of carbonyl (C=O) groups is 1. The predicted octanol–water partition coefficient (Wildman–Crippen LogP) is 1.40. The van der Waals surface area contributed by atoms with Gasteiger partial charge in [0.2, 0.25) is 0 Å². The minimum Gasteiger partial charge on any atom is -0.393 e. The van der Waals surface area contributed by atoms with Crippen molar-refractivity contribution < 1.29 is 9.90 Å². The van der Waals surface area contributed by atoms with E-state index in [1.165, 1.54) is 0 Å². The van der Waals surface area contributed by atoms with Crippen LogP contribution in [-0.2, 0) is 0 Å². The third-order valence-electron chi connectivity index (χ3n) is 3.10. The van der Waals surface area contributed by atoms with Crippen molar-refractivity contribution in [2.75, 3.05) is 6.54 Å². The Morgan fingerprint density at radius 2 is 2.24 bits per heavy atom. The molecule has 2 heterocycles. The molecule has 2 atom stereocenters. The van der Waals surface area contributed by atoms with E-state index in [0.29, 0.717) is 18.7 Å². The van der Waals surface area contributed by atoms with E-state index in [1.807, 2.05) is 19.2 Å². The van der Waals surface area contributed by atoms with E-state index in [9.17, 15) is 9.90 Å². The molecule has 0 aromatic carbocycles. The molecule has 0 saturated heterocycles. The van der Waals surface area contributed by atoms with Gasteiger partial charge in [-0.1, -0.05) is 6.92 Å². The van der Waals surface area contributed by atoms with Gasteiger partial charge in [-0.05, 0) is 37.5 Å². The first-order chi connectivity index (χ1) is 10.1. The molecule has 2 rings (SSSR count). The lowest BCUT2D eigenvalue weighted by molar-refractivity contribution is 0.0934. The van der Waals surface area contributed by atoms with Crippen molar-refractivity contribution in [1.82, 2.24) is 20.1 Å². The van der Waals surface area contributed by atoms with Gasteiger partial charge in [-0.2, -0.15) is 5.10 Å². The Kier molecular flexibility index (Phi) is 5.05. The average molecular weight is 288 g/mol. The molecule has 2 aromatic rings. The molecule has 6 heteroatoms. The summed E-state index contributed by atoms with van der Waals surface area (Å²) in [6, 6.07) is 5.30. The zero-order valence-electron chi connectivity index (χ0n) is 12.2. The third-order valence-corrected chi connectivity index (χ3v) is 3.10. The second-order valence-corrected chi connectivity index (χ2v) is 5.25. The largest absolute Gasteiger partial charge is 0.393 e. The van der Waals surface area contributed by atoms with Crippen molar-refractivity contribution in [2.24, 2.45) is 5.92 Å². The molecule has 21 heavy (non-hydrogen) atoms. The predicted molar refractivity (Wildman–Crippen MR) is 79.2 cm³/mol. The van der Waals surface area contributed by atoms with Crippen molar-refractivity contribution >= 4 is 5.91 Å². The van der Waals surface area contributed by atoms with Crippen molar-refractivity contribution in [3.63, 3.8) is 0 Å². The molecule has 0 bridgehead atoms. The Morgan fingerprint density at radius 1 is 1.43 bits per heavy atom. The van der Waals surface area contributed by atoms with Gasteiger partial charge in [-0.15, -0.1) is 0 Å². The van der Waals surface area contributed by atoms with Crippen LogP contribution in [-0.4, -0.2) is 38.4 Å². The van der Waals surface area contributed by atoms with Gasteiger partial charge >= 0.3 is 0 Å². The van der Waals surface area contributed by atoms with Crippen LogP contribution in [0.3, 0.4) is 0 Å². The molecule has 2 N–H and O–H groups in total. The van der Waals surface area contributed by atoms with Crippen LogP contribution in [0.25, 0.3) is 5.69 Å². The summed E-state index contributed by atoms with van der Waals surface area (Å²) in [7, 11) is 0. The van der Waals surface area contributed by atoms with E-state index in [1.54, 1.807) is 36.1 Å². The second kappa shape index (κ2) is 6.99. The fourth-order valence-electron chi connectivity index (χ4n) is 2.13. The van der Waals surface area contributed by atoms with E-state index < -0.39 is 0 Å². The molecular formula is C15H20N4O2. The number of amides is 1. The SMILES string of the molecule is CC(O)CC(C)CNC(=O)c1cc(-n2cccn2)ccn1. The standard InChI is InChI=1S/C15H20N4O2/c1-11(8-12(2)20)10-17-15(21)14-9-13(4-6-16-14)19-7-3-5-18-19/h3-7,9,11-12,20H,8,10H2,1-2H3,(H,17,21). The van der Waals surface area contributed by atoms with E-state index in [4.69, 9.17) is 0 Å². The van der Waals surface area contributed by atoms with E-state index in [-0.39, 0.29) is 17.9 Å². The molecule has 0 radical (unpaired) electrons. The van der Waals surface area contributed by atoms with Crippen LogP contribution < -0.4 is 5.32 Å². The van der Waals surface area contributed by atoms with Gasteiger partial charge in [0.15, 0.2) is 0 Å². The third kappa shape index (κ3) is 4.39. The first kappa shape index (κ1) is 15.2. The Morgan fingerprint density at radius 3 is 2.90 bits per heavy atom. The summed E-state index contributed by atoms with van der Waals surface area (Å²) < 4.78 is 1.68. The van der Waals surface area contributed by atoms with Crippen molar-refractivity contribution in [1.29, 1.82) is 0 Å². The first-order valence-corrected chi connectivity index (χ1v) is 6.98. The van der Waals surface area contributed by atoms with Gasteiger partial charge in [-0.3, -0.25) is 9.78 Å². The normalized spacial score (nSPS) is 13.7. The lowest BCUT2D eigenvalue weighted by Gasteiger charge is -2.14. The summed E-state index contributed by atoms with van der Waals surface area (Å²) >= 11 is 0. The summed E-state index contributed by atoms with van der Waals surface area (Å²) in [6.45, 7) is 4.24. The Bertz CT molecular complexity index is 581. The zero-order valence-corrected chi connectivity index (χ0v) is 12.2. The molecular weight excluding hydrogens is 268 g/mol. The molecule has 0 saturated carbocycles. The highest BCUT2D eigenvalue weighted by Gasteiger charge is 2.11. The Hall–Kier alpha value is -2.21. The fraction of sp³-hybridized carbons (Fsp3) is 0.400. The maximum absolute atomic E-state index is 12.1. The number of nitrogens with one attached hydrogen (secondary N) is 1. The number of rotatable bonds is 6. The molecule has 0 fully saturated rings. The summed E-state index contributed by atoms with van der Waals surface area (Å²) in [6.07, 6.45) is 5.37. The molecule has 0 spiro atoms. The highest BCUT2D eigenvalue weighted by molar-refractivity contribution is 5.92. The lowest BCUT2D eigenvalue weighted by Crippen LogP contribution is -2.30. The highest BCUT2D eigenvalue weighted by Crippen LogP contribution is 2.08. The number of nitrogens with zero attached hydrogens (tertiary/aromatic N) is 3. The number of carbonyl (C=O) groups excluding carboxylic acids is 1. The van der Waals surface area contributed by atoms with Crippen molar-refractivity contribution in [3.05, 3.63) is 42.5 Å². The monoisotopic (exact) mass is 288 g/mol. The number of hydrogen-bond donors (Lipinski definition) is 2. The van der Waals surface area contributed by atoms with Gasteiger partial charge in [-0.25, -0.2) is 4.68 Å². The molecule has 2 aromatic heterocycles. The quantitative estimate of drug-likeness (QED) is 0.842. The van der Waals surface area contributed by atoms with Crippen LogP contribution in [0.4, 0.5) is 0 Å². The Balaban J connectivity index is 1.98. The van der Waals surface area contributed by atoms with Crippen molar-refractivity contribution in [3.8, 4) is 5.69 Å². The number of pyridine rings is 1. The van der Waals surface area contributed by atoms with Crippen LogP contribution >= 0.6 is 0 Å². The maximum Gasteiger partial charge on any atom is 0.269 e. The number of aliphatic hydroxyl groups excluding tert-OH is 1. The Labute approximate surface area is 123 Å². The lowest BCUT2D eigenvalue weighted by atomic mass is 10.0. The molecule has 2 unspecified atom stereocenters. The molecule has 6 nitrogen and oxygen atoms in total. The average Bonchev–Trinajstić information content (AvgIpc) is 2.98. The molecule has 0 aliphatic rings. The van der Waals surface area contributed by atoms with Crippen LogP contribution in [0.5, 0.6) is 0 Å². The van der Waals surface area contributed by atoms with E-state index >= 15 is 0 Å². The van der Waals surface area contributed by atoms with Crippen LogP contribution in [0.1, 0.15) is 30.8 Å². The summed E-state index contributed by atoms with van der Waals surface area (Å²) in [5.41, 5.74) is 1.14. The van der Waals surface area contributed by atoms with E-state index in [0.717, 1.165) is 5.69 Å². The minimum absolute atomic E-state index is 0.211. The van der Waals surface area contributed by atoms with Crippen molar-refractivity contribution in [2.45, 2.75) is 26.4 Å². The van der Waals surface area contributed by atoms with Gasteiger partial charge in [0.1, 0.15) is 5.69 Å². The number of aromatic nitrogens is 3. The summed E-state index contributed by atoms with van der Waals surface area (Å²) in [5.74, 6) is -0.00954. The molecule has 0 aliphatic heterocycles. The van der Waals surface area contributed by atoms with Gasteiger partial charge in [0.25, 0.3) is 5.91 Å². The minimum atomic E-state index is -0.363. The summed E-state index contributed by atoms with van der Waals surface area (Å²) in [4.78, 5) is 16.2. The summed E-state index contributed by atoms with van der Waals surface area (Å²) in [5, 5.41) is 16.3. The van der Waals surface area contributed by atoms with E-state index in [2.05, 4.69) is 15.4 Å². The second-order valence-electron chi connectivity index (χ2n) is 5.25. The highest BCUT2D eigenvalue weighted by atomic mass is 16.3. The first-order valence-electron chi connectivity index (χ1n) is 6.98. The van der Waals surface area contributed by atoms with Gasteiger partial charge < -0.3 is 10.4 Å². The van der Waals surface area contributed by atoms with Crippen LogP contribution in [0, 0.1) is 5.92 Å². The zero-order chi connectivity index (χ0) is 15.2. The van der Waals surface area contributed by atoms with Gasteiger partial charge in [0.05, 0.1) is 11.8 Å². The number of aliphatic hydroxyl groups is 1. The van der Waals surface area contributed by atoms with Crippen LogP contribution in [0.15, 0.2) is 36.8 Å². The smallest absolute Gasteiger partial charge is 0.269 e. The van der Waals surface area contributed by atoms with Crippen LogP contribution in [0.2, 0.25) is 0 Å². The molecule has 0 aliphatic carbocycles. The molecule has 1 amide bonds. The fourth-order valence-corrected chi connectivity index (χ4v) is 2.13. The topological polar surface area (TPSA) is 80.0 Å².